The number of aromatic nitrogens is 2. The van der Waals surface area contributed by atoms with Gasteiger partial charge in [-0.3, -0.25) is 0 Å². The van der Waals surface area contributed by atoms with E-state index >= 15 is 0 Å². The largest absolute Gasteiger partial charge is 0.454 e. The van der Waals surface area contributed by atoms with Gasteiger partial charge in [0.25, 0.3) is 0 Å². The van der Waals surface area contributed by atoms with Gasteiger partial charge in [-0.25, -0.2) is 4.98 Å². The van der Waals surface area contributed by atoms with Crippen molar-refractivity contribution in [2.45, 2.75) is 0 Å². The minimum absolute atomic E-state index is 0.828. The first kappa shape index (κ1) is 19.4. The predicted octanol–water partition coefficient (Wildman–Crippen LogP) is 8.90. The van der Waals surface area contributed by atoms with Crippen LogP contribution in [0.3, 0.4) is 0 Å². The molecule has 5 aromatic carbocycles. The van der Waals surface area contributed by atoms with Crippen molar-refractivity contribution in [2.75, 3.05) is 0 Å². The molecule has 0 saturated heterocycles. The number of hydrogen-bond acceptors (Lipinski definition) is 2. The summed E-state index contributed by atoms with van der Waals surface area (Å²) in [6, 6.07) is 42.5. The Balaban J connectivity index is 1.47. The molecule has 0 aliphatic carbocycles. The molecular weight excluding hydrogens is 440 g/mol. The summed E-state index contributed by atoms with van der Waals surface area (Å²) < 4.78 is 8.80. The molecule has 36 heavy (non-hydrogen) atoms. The zero-order valence-electron chi connectivity index (χ0n) is 19.3. The minimum Gasteiger partial charge on any atom is -0.454 e. The van der Waals surface area contributed by atoms with E-state index in [9.17, 15) is 0 Å². The van der Waals surface area contributed by atoms with Gasteiger partial charge in [0.15, 0.2) is 5.58 Å². The summed E-state index contributed by atoms with van der Waals surface area (Å²) in [5.41, 5.74) is 9.26. The van der Waals surface area contributed by atoms with Crippen LogP contribution < -0.4 is 0 Å². The molecule has 3 nitrogen and oxygen atoms in total. The van der Waals surface area contributed by atoms with Crippen LogP contribution in [0, 0.1) is 0 Å². The van der Waals surface area contributed by atoms with Crippen molar-refractivity contribution in [3.8, 4) is 16.8 Å². The van der Waals surface area contributed by atoms with Gasteiger partial charge < -0.3 is 8.98 Å². The Kier molecular flexibility index (Phi) is 3.94. The minimum atomic E-state index is 0.828. The summed E-state index contributed by atoms with van der Waals surface area (Å²) in [6.45, 7) is 0. The van der Waals surface area contributed by atoms with Crippen LogP contribution in [0.25, 0.3) is 71.6 Å². The summed E-state index contributed by atoms with van der Waals surface area (Å²) in [5.74, 6) is 0. The van der Waals surface area contributed by atoms with Crippen molar-refractivity contribution >= 4 is 54.8 Å². The lowest BCUT2D eigenvalue weighted by molar-refractivity contribution is 0.670. The SMILES string of the molecule is c1cc(-c2c3ccccc3nc3c2oc2ccccc23)cc(-n2c3ccccc3c3ccccc32)c1. The van der Waals surface area contributed by atoms with Crippen molar-refractivity contribution < 1.29 is 4.42 Å². The number of hydrogen-bond donors (Lipinski definition) is 0. The first-order valence-corrected chi connectivity index (χ1v) is 12.2. The van der Waals surface area contributed by atoms with Crippen LogP contribution in [-0.4, -0.2) is 9.55 Å². The molecule has 168 valence electrons. The van der Waals surface area contributed by atoms with Crippen LogP contribution in [0.5, 0.6) is 0 Å². The smallest absolute Gasteiger partial charge is 0.162 e. The van der Waals surface area contributed by atoms with E-state index in [2.05, 4.69) is 102 Å². The molecule has 0 atom stereocenters. The normalized spacial score (nSPS) is 11.9. The molecule has 0 saturated carbocycles. The molecule has 0 aliphatic rings. The number of fused-ring (bicyclic) bond motifs is 7. The maximum absolute atomic E-state index is 6.45. The molecular formula is C33H20N2O. The highest BCUT2D eigenvalue weighted by atomic mass is 16.3. The van der Waals surface area contributed by atoms with Crippen molar-refractivity contribution in [1.82, 2.24) is 9.55 Å². The standard InChI is InChI=1S/C33H20N2O/c1-5-16-27-25(14-1)31(33-32(34-27)26-15-4-8-19-30(26)36-33)21-10-9-11-22(20-21)35-28-17-6-2-12-23(28)24-13-3-7-18-29(24)35/h1-20H. The summed E-state index contributed by atoms with van der Waals surface area (Å²) in [5, 5.41) is 4.64. The lowest BCUT2D eigenvalue weighted by Gasteiger charge is -2.12. The molecule has 3 heteroatoms. The second-order valence-electron chi connectivity index (χ2n) is 9.20. The molecule has 8 aromatic rings. The first-order chi connectivity index (χ1) is 17.9. The van der Waals surface area contributed by atoms with Crippen LogP contribution in [0.4, 0.5) is 0 Å². The van der Waals surface area contributed by atoms with Gasteiger partial charge >= 0.3 is 0 Å². The highest BCUT2D eigenvalue weighted by Gasteiger charge is 2.18. The highest BCUT2D eigenvalue weighted by molar-refractivity contribution is 6.15. The van der Waals surface area contributed by atoms with Gasteiger partial charge in [0.1, 0.15) is 11.1 Å². The number of rotatable bonds is 2. The fourth-order valence-electron chi connectivity index (χ4n) is 5.63. The molecule has 3 heterocycles. The molecule has 0 N–H and O–H groups in total. The fraction of sp³-hybridized carbons (Fsp3) is 0. The first-order valence-electron chi connectivity index (χ1n) is 12.2. The monoisotopic (exact) mass is 460 g/mol. The van der Waals surface area contributed by atoms with E-state index < -0.39 is 0 Å². The second-order valence-corrected chi connectivity index (χ2v) is 9.20. The maximum Gasteiger partial charge on any atom is 0.162 e. The van der Waals surface area contributed by atoms with Crippen molar-refractivity contribution in [3.05, 3.63) is 121 Å². The Hall–Kier alpha value is -4.89. The maximum atomic E-state index is 6.45. The van der Waals surface area contributed by atoms with Crippen molar-refractivity contribution in [3.63, 3.8) is 0 Å². The third kappa shape index (κ3) is 2.65. The van der Waals surface area contributed by atoms with E-state index in [-0.39, 0.29) is 0 Å². The summed E-state index contributed by atoms with van der Waals surface area (Å²) in [7, 11) is 0. The average Bonchev–Trinajstić information content (AvgIpc) is 3.47. The van der Waals surface area contributed by atoms with E-state index in [0.29, 0.717) is 0 Å². The Labute approximate surface area is 206 Å². The van der Waals surface area contributed by atoms with Crippen LogP contribution >= 0.6 is 0 Å². The van der Waals surface area contributed by atoms with Crippen LogP contribution in [-0.2, 0) is 0 Å². The quantitative estimate of drug-likeness (QED) is 0.258. The predicted molar refractivity (Wildman–Crippen MR) is 149 cm³/mol. The van der Waals surface area contributed by atoms with E-state index in [1.165, 1.54) is 21.8 Å². The van der Waals surface area contributed by atoms with E-state index in [1.54, 1.807) is 0 Å². The molecule has 0 fully saturated rings. The van der Waals surface area contributed by atoms with Gasteiger partial charge in [-0.1, -0.05) is 78.9 Å². The van der Waals surface area contributed by atoms with Crippen LogP contribution in [0.2, 0.25) is 0 Å². The third-order valence-electron chi connectivity index (χ3n) is 7.18. The van der Waals surface area contributed by atoms with Crippen molar-refractivity contribution in [2.24, 2.45) is 0 Å². The lowest BCUT2D eigenvalue weighted by Crippen LogP contribution is -1.95. The molecule has 0 unspecified atom stereocenters. The number of para-hydroxylation sites is 4. The van der Waals surface area contributed by atoms with Gasteiger partial charge in [-0.2, -0.15) is 0 Å². The number of nitrogens with zero attached hydrogens (tertiary/aromatic N) is 2. The van der Waals surface area contributed by atoms with Gasteiger partial charge in [0.2, 0.25) is 0 Å². The van der Waals surface area contributed by atoms with Gasteiger partial charge in [-0.05, 0) is 48.0 Å². The fourth-order valence-corrected chi connectivity index (χ4v) is 5.63. The van der Waals surface area contributed by atoms with Gasteiger partial charge in [0, 0.05) is 32.8 Å². The van der Waals surface area contributed by atoms with E-state index in [0.717, 1.165) is 49.8 Å². The molecule has 0 amide bonds. The van der Waals surface area contributed by atoms with Crippen LogP contribution in [0.1, 0.15) is 0 Å². The van der Waals surface area contributed by atoms with Crippen molar-refractivity contribution in [1.29, 1.82) is 0 Å². The summed E-state index contributed by atoms with van der Waals surface area (Å²) in [4.78, 5) is 5.01. The molecule has 0 aliphatic heterocycles. The Morgan fingerprint density at radius 2 is 1.19 bits per heavy atom. The van der Waals surface area contributed by atoms with E-state index in [1.807, 2.05) is 24.3 Å². The number of furan rings is 1. The Morgan fingerprint density at radius 1 is 0.556 bits per heavy atom. The lowest BCUT2D eigenvalue weighted by atomic mass is 9.99. The molecule has 8 rings (SSSR count). The Morgan fingerprint density at radius 3 is 1.97 bits per heavy atom. The third-order valence-corrected chi connectivity index (χ3v) is 7.18. The number of benzene rings is 5. The highest BCUT2D eigenvalue weighted by Crippen LogP contribution is 2.40. The van der Waals surface area contributed by atoms with Crippen LogP contribution in [0.15, 0.2) is 126 Å². The van der Waals surface area contributed by atoms with Gasteiger partial charge in [-0.15, -0.1) is 0 Å². The molecule has 0 spiro atoms. The zero-order chi connectivity index (χ0) is 23.6. The Bertz CT molecular complexity index is 2060. The zero-order valence-corrected chi connectivity index (χ0v) is 19.3. The van der Waals surface area contributed by atoms with Gasteiger partial charge in [0.05, 0.1) is 16.6 Å². The molecule has 3 aromatic heterocycles. The second kappa shape index (κ2) is 7.30. The average molecular weight is 461 g/mol. The molecule has 0 radical (unpaired) electrons. The summed E-state index contributed by atoms with van der Waals surface area (Å²) >= 11 is 0. The number of pyridine rings is 1. The van der Waals surface area contributed by atoms with E-state index in [4.69, 9.17) is 9.40 Å². The summed E-state index contributed by atoms with van der Waals surface area (Å²) in [6.07, 6.45) is 0. The molecule has 0 bridgehead atoms. The topological polar surface area (TPSA) is 31.0 Å².